The van der Waals surface area contributed by atoms with E-state index in [1.54, 1.807) is 6.26 Å². The highest BCUT2D eigenvalue weighted by molar-refractivity contribution is 5.94. The van der Waals surface area contributed by atoms with Crippen LogP contribution in [0.2, 0.25) is 0 Å². The Hall–Kier alpha value is -2.80. The third-order valence-corrected chi connectivity index (χ3v) is 5.46. The van der Waals surface area contributed by atoms with Crippen LogP contribution in [0.15, 0.2) is 52.1 Å². The summed E-state index contributed by atoms with van der Waals surface area (Å²) in [5.41, 5.74) is 1.66. The quantitative estimate of drug-likeness (QED) is 0.424. The summed E-state index contributed by atoms with van der Waals surface area (Å²) in [6, 6.07) is 11.8. The number of guanidine groups is 1. The fourth-order valence-corrected chi connectivity index (χ4v) is 3.90. The van der Waals surface area contributed by atoms with Crippen molar-refractivity contribution in [3.05, 3.63) is 59.5 Å². The molecule has 1 saturated heterocycles. The van der Waals surface area contributed by atoms with E-state index in [9.17, 15) is 4.79 Å². The number of carbonyl (C=O) groups excluding carboxylic acids is 1. The van der Waals surface area contributed by atoms with Gasteiger partial charge in [0.25, 0.3) is 5.91 Å². The molecule has 1 aromatic heterocycles. The normalized spacial score (nSPS) is 16.0. The molecule has 0 saturated carbocycles. The molecule has 1 atom stereocenters. The molecule has 0 radical (unpaired) electrons. The first-order valence-electron chi connectivity index (χ1n) is 11.4. The topological polar surface area (TPSA) is 81.9 Å². The Balaban J connectivity index is 1.66. The van der Waals surface area contributed by atoms with Gasteiger partial charge in [-0.25, -0.2) is 4.99 Å². The van der Waals surface area contributed by atoms with Crippen LogP contribution in [0.4, 0.5) is 0 Å². The standard InChI is InChI=1S/C24H35N5O2/c1-3-25-23(30)20-11-8-10-19(16-20)17-27-24(26-4-2)28-18-21(22-12-9-15-31-22)29-13-6-5-7-14-29/h8-12,15-16,21H,3-7,13-14,17-18H2,1-2H3,(H,25,30)(H2,26,27,28). The smallest absolute Gasteiger partial charge is 0.251 e. The zero-order valence-corrected chi connectivity index (χ0v) is 18.7. The van der Waals surface area contributed by atoms with E-state index < -0.39 is 0 Å². The molecular formula is C24H35N5O2. The Morgan fingerprint density at radius 2 is 1.87 bits per heavy atom. The second kappa shape index (κ2) is 12.2. The molecule has 1 aliphatic heterocycles. The number of carbonyl (C=O) groups is 1. The molecule has 2 aromatic rings. The second-order valence-corrected chi connectivity index (χ2v) is 7.76. The lowest BCUT2D eigenvalue weighted by Crippen LogP contribution is -2.44. The summed E-state index contributed by atoms with van der Waals surface area (Å²) in [5, 5.41) is 9.66. The molecule has 1 aromatic carbocycles. The van der Waals surface area contributed by atoms with Gasteiger partial charge in [0.1, 0.15) is 5.76 Å². The predicted molar refractivity (Wildman–Crippen MR) is 124 cm³/mol. The average Bonchev–Trinajstić information content (AvgIpc) is 3.33. The van der Waals surface area contributed by atoms with Crippen molar-refractivity contribution in [2.24, 2.45) is 4.99 Å². The number of hydrogen-bond acceptors (Lipinski definition) is 4. The Labute approximate surface area is 185 Å². The van der Waals surface area contributed by atoms with E-state index in [0.29, 0.717) is 18.7 Å². The number of likely N-dealkylation sites (tertiary alicyclic amines) is 1. The Kier molecular flexibility index (Phi) is 8.97. The molecule has 168 valence electrons. The fourth-order valence-electron chi connectivity index (χ4n) is 3.90. The van der Waals surface area contributed by atoms with E-state index in [-0.39, 0.29) is 11.9 Å². The van der Waals surface area contributed by atoms with Gasteiger partial charge < -0.3 is 20.4 Å². The third-order valence-electron chi connectivity index (χ3n) is 5.46. The second-order valence-electron chi connectivity index (χ2n) is 7.76. The van der Waals surface area contributed by atoms with Gasteiger partial charge in [-0.2, -0.15) is 0 Å². The first-order chi connectivity index (χ1) is 15.2. The van der Waals surface area contributed by atoms with Crippen LogP contribution in [0, 0.1) is 0 Å². The van der Waals surface area contributed by atoms with Crippen molar-refractivity contribution in [1.29, 1.82) is 0 Å². The van der Waals surface area contributed by atoms with Crippen LogP contribution in [0.5, 0.6) is 0 Å². The predicted octanol–water partition coefficient (Wildman–Crippen LogP) is 3.31. The van der Waals surface area contributed by atoms with Crippen molar-refractivity contribution in [2.45, 2.75) is 45.7 Å². The summed E-state index contributed by atoms with van der Waals surface area (Å²) in [6.07, 6.45) is 5.50. The molecule has 7 nitrogen and oxygen atoms in total. The van der Waals surface area contributed by atoms with Crippen molar-refractivity contribution in [1.82, 2.24) is 20.9 Å². The van der Waals surface area contributed by atoms with Crippen LogP contribution in [0.1, 0.15) is 60.8 Å². The highest BCUT2D eigenvalue weighted by Crippen LogP contribution is 2.24. The van der Waals surface area contributed by atoms with Crippen molar-refractivity contribution < 1.29 is 9.21 Å². The van der Waals surface area contributed by atoms with Gasteiger partial charge in [0, 0.05) is 25.2 Å². The summed E-state index contributed by atoms with van der Waals surface area (Å²) in [7, 11) is 0. The van der Waals surface area contributed by atoms with Crippen LogP contribution in [-0.2, 0) is 6.54 Å². The summed E-state index contributed by atoms with van der Waals surface area (Å²) in [5.74, 6) is 1.69. The van der Waals surface area contributed by atoms with Crippen LogP contribution in [-0.4, -0.2) is 49.5 Å². The lowest BCUT2D eigenvalue weighted by molar-refractivity contribution is 0.0955. The fraction of sp³-hybridized carbons (Fsp3) is 0.500. The lowest BCUT2D eigenvalue weighted by Gasteiger charge is -2.33. The van der Waals surface area contributed by atoms with Gasteiger partial charge in [0.05, 0.1) is 18.8 Å². The molecule has 1 fully saturated rings. The molecule has 0 aliphatic carbocycles. The monoisotopic (exact) mass is 425 g/mol. The molecule has 1 aliphatic rings. The Morgan fingerprint density at radius 1 is 1.06 bits per heavy atom. The van der Waals surface area contributed by atoms with Gasteiger partial charge in [-0.3, -0.25) is 9.69 Å². The number of furan rings is 1. The van der Waals surface area contributed by atoms with E-state index >= 15 is 0 Å². The van der Waals surface area contributed by atoms with Crippen LogP contribution >= 0.6 is 0 Å². The van der Waals surface area contributed by atoms with Gasteiger partial charge in [0.15, 0.2) is 5.96 Å². The number of piperidine rings is 1. The minimum absolute atomic E-state index is 0.0545. The highest BCUT2D eigenvalue weighted by Gasteiger charge is 2.24. The van der Waals surface area contributed by atoms with Gasteiger partial charge in [-0.05, 0) is 69.6 Å². The first kappa shape index (κ1) is 22.9. The van der Waals surface area contributed by atoms with Gasteiger partial charge in [-0.15, -0.1) is 0 Å². The first-order valence-corrected chi connectivity index (χ1v) is 11.4. The van der Waals surface area contributed by atoms with E-state index in [2.05, 4.69) is 33.8 Å². The van der Waals surface area contributed by atoms with E-state index in [0.717, 1.165) is 43.5 Å². The van der Waals surface area contributed by atoms with Crippen molar-refractivity contribution in [3.8, 4) is 0 Å². The number of aliphatic imine (C=N–C) groups is 1. The van der Waals surface area contributed by atoms with Crippen molar-refractivity contribution in [2.75, 3.05) is 32.7 Å². The van der Waals surface area contributed by atoms with Crippen LogP contribution in [0.25, 0.3) is 0 Å². The number of nitrogens with zero attached hydrogens (tertiary/aromatic N) is 2. The minimum Gasteiger partial charge on any atom is -0.468 e. The zero-order chi connectivity index (χ0) is 21.9. The van der Waals surface area contributed by atoms with Gasteiger partial charge in [-0.1, -0.05) is 18.6 Å². The molecule has 1 unspecified atom stereocenters. The van der Waals surface area contributed by atoms with Gasteiger partial charge in [0.2, 0.25) is 0 Å². The summed E-state index contributed by atoms with van der Waals surface area (Å²) in [6.45, 7) is 8.77. The van der Waals surface area contributed by atoms with Gasteiger partial charge >= 0.3 is 0 Å². The number of hydrogen-bond donors (Lipinski definition) is 3. The lowest BCUT2D eigenvalue weighted by atomic mass is 10.1. The van der Waals surface area contributed by atoms with Crippen LogP contribution in [0.3, 0.4) is 0 Å². The maximum absolute atomic E-state index is 12.1. The summed E-state index contributed by atoms with van der Waals surface area (Å²) >= 11 is 0. The molecule has 0 spiro atoms. The molecular weight excluding hydrogens is 390 g/mol. The Morgan fingerprint density at radius 3 is 2.58 bits per heavy atom. The van der Waals surface area contributed by atoms with E-state index in [4.69, 9.17) is 9.41 Å². The Bertz CT molecular complexity index is 828. The molecule has 1 amide bonds. The number of nitrogens with one attached hydrogen (secondary N) is 3. The largest absolute Gasteiger partial charge is 0.468 e. The molecule has 31 heavy (non-hydrogen) atoms. The number of benzene rings is 1. The average molecular weight is 426 g/mol. The SMILES string of the molecule is CCNC(=O)c1cccc(CN=C(NCC)NCC(c2ccco2)N2CCCCC2)c1. The summed E-state index contributed by atoms with van der Waals surface area (Å²) in [4.78, 5) is 19.3. The molecule has 7 heteroatoms. The van der Waals surface area contributed by atoms with Crippen molar-refractivity contribution >= 4 is 11.9 Å². The van der Waals surface area contributed by atoms with E-state index in [1.807, 2.05) is 37.3 Å². The maximum atomic E-state index is 12.1. The third kappa shape index (κ3) is 6.85. The molecule has 3 N–H and O–H groups in total. The molecule has 0 bridgehead atoms. The number of rotatable bonds is 9. The maximum Gasteiger partial charge on any atom is 0.251 e. The van der Waals surface area contributed by atoms with E-state index in [1.165, 1.54) is 19.3 Å². The van der Waals surface area contributed by atoms with Crippen LogP contribution < -0.4 is 16.0 Å². The minimum atomic E-state index is -0.0545. The highest BCUT2D eigenvalue weighted by atomic mass is 16.3. The molecule has 3 rings (SSSR count). The van der Waals surface area contributed by atoms with Crippen molar-refractivity contribution in [3.63, 3.8) is 0 Å². The molecule has 2 heterocycles. The summed E-state index contributed by atoms with van der Waals surface area (Å²) < 4.78 is 5.75. The number of amides is 1. The zero-order valence-electron chi connectivity index (χ0n) is 18.7.